The second kappa shape index (κ2) is 6.27. The van der Waals surface area contributed by atoms with Crippen molar-refractivity contribution in [2.24, 2.45) is 0 Å². The van der Waals surface area contributed by atoms with Crippen molar-refractivity contribution in [3.05, 3.63) is 0 Å². The van der Waals surface area contributed by atoms with E-state index in [9.17, 15) is 9.90 Å². The summed E-state index contributed by atoms with van der Waals surface area (Å²) in [4.78, 5) is 10.1. The number of hydrogen-bond donors (Lipinski definition) is 1. The molecule has 0 amide bonds. The van der Waals surface area contributed by atoms with Gasteiger partial charge in [0.25, 0.3) is 0 Å². The zero-order chi connectivity index (χ0) is 8.69. The van der Waals surface area contributed by atoms with E-state index in [1.165, 1.54) is 14.2 Å². The SMILES string of the molecule is COC[C@@H](O)[C@@H](CC=O)OC. The molecule has 0 radical (unpaired) electrons. The summed E-state index contributed by atoms with van der Waals surface area (Å²) < 4.78 is 9.53. The Hall–Kier alpha value is -0.450. The molecule has 2 atom stereocenters. The summed E-state index contributed by atoms with van der Waals surface area (Å²) in [6.07, 6.45) is -0.267. The van der Waals surface area contributed by atoms with Crippen molar-refractivity contribution in [3.8, 4) is 0 Å². The lowest BCUT2D eigenvalue weighted by Crippen LogP contribution is -2.32. The fourth-order valence-corrected chi connectivity index (χ4v) is 0.783. The van der Waals surface area contributed by atoms with Crippen LogP contribution in [-0.2, 0) is 14.3 Å². The molecule has 0 saturated carbocycles. The van der Waals surface area contributed by atoms with Gasteiger partial charge < -0.3 is 19.4 Å². The fourth-order valence-electron chi connectivity index (χ4n) is 0.783. The van der Waals surface area contributed by atoms with Crippen molar-refractivity contribution in [2.45, 2.75) is 18.6 Å². The normalized spacial score (nSPS) is 15.9. The lowest BCUT2D eigenvalue weighted by atomic mass is 10.1. The van der Waals surface area contributed by atoms with E-state index in [0.717, 1.165) is 0 Å². The minimum absolute atomic E-state index is 0.187. The third-order valence-electron chi connectivity index (χ3n) is 1.40. The summed E-state index contributed by atoms with van der Waals surface area (Å²) in [6, 6.07) is 0. The molecule has 0 heterocycles. The monoisotopic (exact) mass is 162 g/mol. The van der Waals surface area contributed by atoms with Gasteiger partial charge in [-0.2, -0.15) is 0 Å². The molecule has 0 aliphatic carbocycles. The highest BCUT2D eigenvalue weighted by Crippen LogP contribution is 2.01. The molecular formula is C7H14O4. The van der Waals surface area contributed by atoms with Gasteiger partial charge in [-0.05, 0) is 0 Å². The fraction of sp³-hybridized carbons (Fsp3) is 0.857. The first-order chi connectivity index (χ1) is 5.26. The van der Waals surface area contributed by atoms with Crippen LogP contribution in [0.15, 0.2) is 0 Å². The zero-order valence-electron chi connectivity index (χ0n) is 6.82. The summed E-state index contributed by atoms with van der Waals surface area (Å²) in [6.45, 7) is 0.187. The molecule has 0 fully saturated rings. The summed E-state index contributed by atoms with van der Waals surface area (Å²) in [5.74, 6) is 0. The van der Waals surface area contributed by atoms with E-state index in [4.69, 9.17) is 4.74 Å². The molecule has 0 aromatic heterocycles. The van der Waals surface area contributed by atoms with Gasteiger partial charge >= 0.3 is 0 Å². The van der Waals surface area contributed by atoms with Crippen LogP contribution in [0.5, 0.6) is 0 Å². The van der Waals surface area contributed by atoms with Crippen molar-refractivity contribution >= 4 is 6.29 Å². The Labute approximate surface area is 66.1 Å². The summed E-state index contributed by atoms with van der Waals surface area (Å²) in [5, 5.41) is 9.23. The first-order valence-corrected chi connectivity index (χ1v) is 3.39. The first kappa shape index (κ1) is 10.6. The van der Waals surface area contributed by atoms with Crippen molar-refractivity contribution in [3.63, 3.8) is 0 Å². The second-order valence-corrected chi connectivity index (χ2v) is 2.20. The van der Waals surface area contributed by atoms with Crippen molar-refractivity contribution < 1.29 is 19.4 Å². The maximum atomic E-state index is 10.1. The number of methoxy groups -OCH3 is 2. The molecule has 0 spiro atoms. The summed E-state index contributed by atoms with van der Waals surface area (Å²) in [5.41, 5.74) is 0. The summed E-state index contributed by atoms with van der Waals surface area (Å²) in [7, 11) is 2.93. The van der Waals surface area contributed by atoms with Gasteiger partial charge in [0, 0.05) is 20.6 Å². The predicted molar refractivity (Wildman–Crippen MR) is 39.4 cm³/mol. The van der Waals surface area contributed by atoms with Gasteiger partial charge in [0.2, 0.25) is 0 Å². The molecule has 0 unspecified atom stereocenters. The van der Waals surface area contributed by atoms with Crippen LogP contribution < -0.4 is 0 Å². The van der Waals surface area contributed by atoms with E-state index in [1.807, 2.05) is 0 Å². The Balaban J connectivity index is 3.70. The standard InChI is InChI=1S/C7H14O4/c1-10-5-6(9)7(11-2)3-4-8/h4,6-7,9H,3,5H2,1-2H3/t6-,7-/m1/s1. The molecule has 66 valence electrons. The number of aliphatic hydroxyl groups excluding tert-OH is 1. The second-order valence-electron chi connectivity index (χ2n) is 2.20. The molecule has 0 bridgehead atoms. The smallest absolute Gasteiger partial charge is 0.122 e. The van der Waals surface area contributed by atoms with E-state index in [1.54, 1.807) is 0 Å². The highest BCUT2D eigenvalue weighted by molar-refractivity contribution is 5.50. The Morgan fingerprint density at radius 3 is 2.55 bits per heavy atom. The van der Waals surface area contributed by atoms with Crippen LogP contribution in [0.1, 0.15) is 6.42 Å². The summed E-state index contributed by atoms with van der Waals surface area (Å²) >= 11 is 0. The molecule has 4 nitrogen and oxygen atoms in total. The third-order valence-corrected chi connectivity index (χ3v) is 1.40. The van der Waals surface area contributed by atoms with Gasteiger partial charge in [-0.25, -0.2) is 0 Å². The average Bonchev–Trinajstić information content (AvgIpc) is 2.00. The number of carbonyl (C=O) groups is 1. The first-order valence-electron chi connectivity index (χ1n) is 3.39. The van der Waals surface area contributed by atoms with Gasteiger partial charge in [-0.3, -0.25) is 0 Å². The largest absolute Gasteiger partial charge is 0.388 e. The molecule has 0 aliphatic heterocycles. The number of aldehydes is 1. The highest BCUT2D eigenvalue weighted by Gasteiger charge is 2.17. The molecule has 11 heavy (non-hydrogen) atoms. The predicted octanol–water partition coefficient (Wildman–Crippen LogP) is -0.402. The molecule has 0 aliphatic rings. The minimum Gasteiger partial charge on any atom is -0.388 e. The maximum absolute atomic E-state index is 10.1. The van der Waals surface area contributed by atoms with Crippen LogP contribution in [0.25, 0.3) is 0 Å². The maximum Gasteiger partial charge on any atom is 0.122 e. The van der Waals surface area contributed by atoms with Gasteiger partial charge in [0.1, 0.15) is 12.4 Å². The third kappa shape index (κ3) is 4.08. The molecule has 1 N–H and O–H groups in total. The Kier molecular flexibility index (Phi) is 6.02. The zero-order valence-corrected chi connectivity index (χ0v) is 6.82. The molecular weight excluding hydrogens is 148 g/mol. The number of aliphatic hydroxyl groups is 1. The van der Waals surface area contributed by atoms with Crippen LogP contribution in [0.4, 0.5) is 0 Å². The van der Waals surface area contributed by atoms with E-state index >= 15 is 0 Å². The number of carbonyl (C=O) groups excluding carboxylic acids is 1. The van der Waals surface area contributed by atoms with Crippen LogP contribution in [-0.4, -0.2) is 44.4 Å². The average molecular weight is 162 g/mol. The van der Waals surface area contributed by atoms with Crippen molar-refractivity contribution in [1.82, 2.24) is 0 Å². The van der Waals surface area contributed by atoms with E-state index in [2.05, 4.69) is 4.74 Å². The Bertz CT molecular complexity index is 105. The molecule has 0 aromatic carbocycles. The number of hydrogen-bond acceptors (Lipinski definition) is 4. The Morgan fingerprint density at radius 2 is 2.18 bits per heavy atom. The lowest BCUT2D eigenvalue weighted by molar-refractivity contribution is -0.113. The van der Waals surface area contributed by atoms with Gasteiger partial charge in [0.05, 0.1) is 12.7 Å². The topological polar surface area (TPSA) is 55.8 Å². The van der Waals surface area contributed by atoms with E-state index < -0.39 is 12.2 Å². The number of rotatable bonds is 6. The van der Waals surface area contributed by atoms with E-state index in [-0.39, 0.29) is 13.0 Å². The van der Waals surface area contributed by atoms with Crippen molar-refractivity contribution in [2.75, 3.05) is 20.8 Å². The van der Waals surface area contributed by atoms with Gasteiger partial charge in [-0.15, -0.1) is 0 Å². The quantitative estimate of drug-likeness (QED) is 0.540. The van der Waals surface area contributed by atoms with E-state index in [0.29, 0.717) is 6.29 Å². The molecule has 0 saturated heterocycles. The van der Waals surface area contributed by atoms with Crippen molar-refractivity contribution in [1.29, 1.82) is 0 Å². The van der Waals surface area contributed by atoms with Gasteiger partial charge in [0.15, 0.2) is 0 Å². The van der Waals surface area contributed by atoms with Crippen LogP contribution in [0, 0.1) is 0 Å². The number of ether oxygens (including phenoxy) is 2. The van der Waals surface area contributed by atoms with Crippen LogP contribution in [0.3, 0.4) is 0 Å². The minimum atomic E-state index is -0.727. The van der Waals surface area contributed by atoms with Gasteiger partial charge in [-0.1, -0.05) is 0 Å². The molecule has 0 rings (SSSR count). The molecule has 0 aromatic rings. The highest BCUT2D eigenvalue weighted by atomic mass is 16.5. The Morgan fingerprint density at radius 1 is 1.55 bits per heavy atom. The van der Waals surface area contributed by atoms with Crippen LogP contribution in [0.2, 0.25) is 0 Å². The lowest BCUT2D eigenvalue weighted by Gasteiger charge is -2.18. The molecule has 4 heteroatoms. The van der Waals surface area contributed by atoms with Crippen LogP contribution >= 0.6 is 0 Å².